The summed E-state index contributed by atoms with van der Waals surface area (Å²) in [5.74, 6) is -6.62. The lowest BCUT2D eigenvalue weighted by Crippen LogP contribution is -2.65. The minimum atomic E-state index is -3.79. The molecule has 8 nitrogen and oxygen atoms in total. The van der Waals surface area contributed by atoms with Gasteiger partial charge in [0, 0.05) is 20.8 Å². The molecule has 0 amide bonds. The van der Waals surface area contributed by atoms with Gasteiger partial charge in [-0.15, -0.1) is 0 Å². The zero-order chi connectivity index (χ0) is 21.6. The third-order valence-corrected chi connectivity index (χ3v) is 3.93. The van der Waals surface area contributed by atoms with Gasteiger partial charge in [-0.3, -0.25) is 14.4 Å². The smallest absolute Gasteiger partial charge is 0.316 e. The summed E-state index contributed by atoms with van der Waals surface area (Å²) in [5.41, 5.74) is 0.748. The highest BCUT2D eigenvalue weighted by molar-refractivity contribution is 5.68. The van der Waals surface area contributed by atoms with E-state index in [1.165, 1.54) is 0 Å². The molecule has 0 unspecified atom stereocenters. The summed E-state index contributed by atoms with van der Waals surface area (Å²) < 4.78 is 55.0. The SMILES string of the molecule is CC(=O)O[C@H]1O[C@H](COCc2ccccc2)C(F)(F)[C@H](OC(C)=O)[C@H]1OC(C)=O. The molecule has 1 saturated heterocycles. The first-order valence-corrected chi connectivity index (χ1v) is 8.78. The first-order valence-electron chi connectivity index (χ1n) is 8.78. The maximum absolute atomic E-state index is 15.0. The van der Waals surface area contributed by atoms with Crippen LogP contribution in [0.3, 0.4) is 0 Å². The monoisotopic (exact) mass is 416 g/mol. The van der Waals surface area contributed by atoms with E-state index >= 15 is 8.78 Å². The van der Waals surface area contributed by atoms with E-state index in [1.807, 2.05) is 0 Å². The maximum Gasteiger partial charge on any atom is 0.316 e. The average molecular weight is 416 g/mol. The minimum absolute atomic E-state index is 0.0284. The Morgan fingerprint density at radius 3 is 2.10 bits per heavy atom. The molecule has 0 saturated carbocycles. The van der Waals surface area contributed by atoms with E-state index in [4.69, 9.17) is 23.7 Å². The molecule has 1 aliphatic rings. The lowest BCUT2D eigenvalue weighted by Gasteiger charge is -2.44. The van der Waals surface area contributed by atoms with Crippen molar-refractivity contribution in [3.05, 3.63) is 35.9 Å². The first kappa shape index (κ1) is 22.7. The van der Waals surface area contributed by atoms with Crippen molar-refractivity contribution < 1.29 is 46.8 Å². The Balaban J connectivity index is 2.22. The quantitative estimate of drug-likeness (QED) is 0.492. The number of rotatable bonds is 7. The molecule has 160 valence electrons. The molecule has 4 atom stereocenters. The molecule has 1 aromatic carbocycles. The molecule has 1 fully saturated rings. The van der Waals surface area contributed by atoms with Crippen LogP contribution in [0.2, 0.25) is 0 Å². The number of benzene rings is 1. The third kappa shape index (κ3) is 6.20. The summed E-state index contributed by atoms with van der Waals surface area (Å²) >= 11 is 0. The molecule has 0 spiro atoms. The predicted molar refractivity (Wildman–Crippen MR) is 92.6 cm³/mol. The number of alkyl halides is 2. The van der Waals surface area contributed by atoms with Crippen molar-refractivity contribution in [2.45, 2.75) is 57.9 Å². The van der Waals surface area contributed by atoms with Gasteiger partial charge in [0.1, 0.15) is 0 Å². The van der Waals surface area contributed by atoms with Crippen LogP contribution in [0.4, 0.5) is 8.78 Å². The van der Waals surface area contributed by atoms with E-state index in [1.54, 1.807) is 30.3 Å². The summed E-state index contributed by atoms with van der Waals surface area (Å²) in [6, 6.07) is 8.83. The van der Waals surface area contributed by atoms with Gasteiger partial charge in [-0.1, -0.05) is 30.3 Å². The van der Waals surface area contributed by atoms with Crippen molar-refractivity contribution in [2.24, 2.45) is 0 Å². The van der Waals surface area contributed by atoms with E-state index in [2.05, 4.69) is 0 Å². The van der Waals surface area contributed by atoms with Gasteiger partial charge in [0.05, 0.1) is 13.2 Å². The van der Waals surface area contributed by atoms with Gasteiger partial charge in [-0.05, 0) is 5.56 Å². The van der Waals surface area contributed by atoms with Crippen molar-refractivity contribution >= 4 is 17.9 Å². The number of carbonyl (C=O) groups is 3. The van der Waals surface area contributed by atoms with Gasteiger partial charge >= 0.3 is 23.8 Å². The second-order valence-electron chi connectivity index (χ2n) is 6.38. The van der Waals surface area contributed by atoms with Crippen molar-refractivity contribution in [2.75, 3.05) is 6.61 Å². The van der Waals surface area contributed by atoms with Gasteiger partial charge in [-0.25, -0.2) is 0 Å². The van der Waals surface area contributed by atoms with Crippen molar-refractivity contribution in [3.63, 3.8) is 0 Å². The van der Waals surface area contributed by atoms with Crippen LogP contribution >= 0.6 is 0 Å². The van der Waals surface area contributed by atoms with Gasteiger partial charge in [0.25, 0.3) is 0 Å². The number of halogens is 2. The summed E-state index contributed by atoms with van der Waals surface area (Å²) in [6.45, 7) is 2.37. The maximum atomic E-state index is 15.0. The van der Waals surface area contributed by atoms with Gasteiger partial charge < -0.3 is 23.7 Å². The Kier molecular flexibility index (Phi) is 7.63. The molecule has 0 N–H and O–H groups in total. The molecule has 29 heavy (non-hydrogen) atoms. The summed E-state index contributed by atoms with van der Waals surface area (Å²) in [4.78, 5) is 34.1. The van der Waals surface area contributed by atoms with Crippen LogP contribution in [-0.4, -0.2) is 55.0 Å². The second kappa shape index (κ2) is 9.75. The Hall–Kier alpha value is -2.59. The molecule has 1 aliphatic heterocycles. The standard InChI is InChI=1S/C19H22F2O8/c1-11(22)26-16-17(27-12(2)23)19(20,21)15(29-18(16)28-13(3)24)10-25-9-14-7-5-4-6-8-14/h4-8,15-18H,9-10H2,1-3H3/t15-,16-,17-,18+/m1/s1. The lowest BCUT2D eigenvalue weighted by molar-refractivity contribution is -0.341. The molecule has 2 rings (SSSR count). The van der Waals surface area contributed by atoms with Crippen LogP contribution in [0.1, 0.15) is 26.3 Å². The van der Waals surface area contributed by atoms with E-state index in [0.29, 0.717) is 0 Å². The largest absolute Gasteiger partial charge is 0.452 e. The van der Waals surface area contributed by atoms with Crippen molar-refractivity contribution in [1.29, 1.82) is 0 Å². The van der Waals surface area contributed by atoms with Crippen LogP contribution < -0.4 is 0 Å². The third-order valence-electron chi connectivity index (χ3n) is 3.93. The van der Waals surface area contributed by atoms with Crippen LogP contribution in [-0.2, 0) is 44.7 Å². The fourth-order valence-corrected chi connectivity index (χ4v) is 2.78. The molecular weight excluding hydrogens is 394 g/mol. The van der Waals surface area contributed by atoms with Crippen molar-refractivity contribution in [1.82, 2.24) is 0 Å². The molecule has 0 aliphatic carbocycles. The Morgan fingerprint density at radius 1 is 0.966 bits per heavy atom. The molecule has 10 heteroatoms. The van der Waals surface area contributed by atoms with E-state index in [0.717, 1.165) is 26.3 Å². The van der Waals surface area contributed by atoms with Crippen LogP contribution in [0, 0.1) is 0 Å². The van der Waals surface area contributed by atoms with Crippen LogP contribution in [0.25, 0.3) is 0 Å². The van der Waals surface area contributed by atoms with Crippen LogP contribution in [0.15, 0.2) is 30.3 Å². The van der Waals surface area contributed by atoms with Gasteiger partial charge in [0.15, 0.2) is 6.10 Å². The first-order chi connectivity index (χ1) is 13.6. The average Bonchev–Trinajstić information content (AvgIpc) is 2.62. The van der Waals surface area contributed by atoms with Crippen molar-refractivity contribution in [3.8, 4) is 0 Å². The summed E-state index contributed by atoms with van der Waals surface area (Å²) in [5, 5.41) is 0. The molecule has 1 heterocycles. The number of carbonyl (C=O) groups excluding carboxylic acids is 3. The fourth-order valence-electron chi connectivity index (χ4n) is 2.78. The summed E-state index contributed by atoms with van der Waals surface area (Å²) in [6.07, 6.45) is -7.70. The number of esters is 3. The Bertz CT molecular complexity index is 724. The highest BCUT2D eigenvalue weighted by Gasteiger charge is 2.63. The summed E-state index contributed by atoms with van der Waals surface area (Å²) in [7, 11) is 0. The molecule has 0 aromatic heterocycles. The fraction of sp³-hybridized carbons (Fsp3) is 0.526. The second-order valence-corrected chi connectivity index (χ2v) is 6.38. The molecule has 0 bridgehead atoms. The zero-order valence-corrected chi connectivity index (χ0v) is 16.1. The molecule has 1 aromatic rings. The predicted octanol–water partition coefficient (Wildman–Crippen LogP) is 1.99. The van der Waals surface area contributed by atoms with Gasteiger partial charge in [-0.2, -0.15) is 8.78 Å². The van der Waals surface area contributed by atoms with E-state index in [9.17, 15) is 14.4 Å². The Labute approximate surface area is 166 Å². The number of hydrogen-bond donors (Lipinski definition) is 0. The van der Waals surface area contributed by atoms with Crippen LogP contribution in [0.5, 0.6) is 0 Å². The number of ether oxygens (including phenoxy) is 5. The number of hydrogen-bond acceptors (Lipinski definition) is 8. The lowest BCUT2D eigenvalue weighted by atomic mass is 9.97. The zero-order valence-electron chi connectivity index (χ0n) is 16.1. The van der Waals surface area contributed by atoms with E-state index in [-0.39, 0.29) is 6.61 Å². The normalized spacial score (nSPS) is 25.7. The molecule has 0 radical (unpaired) electrons. The minimum Gasteiger partial charge on any atom is -0.452 e. The highest BCUT2D eigenvalue weighted by Crippen LogP contribution is 2.39. The topological polar surface area (TPSA) is 97.4 Å². The van der Waals surface area contributed by atoms with Gasteiger partial charge in [0.2, 0.25) is 18.5 Å². The molecular formula is C19H22F2O8. The highest BCUT2D eigenvalue weighted by atomic mass is 19.3. The van der Waals surface area contributed by atoms with E-state index < -0.39 is 55.0 Å². The Morgan fingerprint density at radius 2 is 1.55 bits per heavy atom.